The van der Waals surface area contributed by atoms with Gasteiger partial charge in [0.05, 0.1) is 11.4 Å². The van der Waals surface area contributed by atoms with Crippen molar-refractivity contribution in [3.63, 3.8) is 0 Å². The van der Waals surface area contributed by atoms with E-state index in [4.69, 9.17) is 0 Å². The Morgan fingerprint density at radius 2 is 1.86 bits per heavy atom. The van der Waals surface area contributed by atoms with Crippen molar-refractivity contribution in [2.24, 2.45) is 11.8 Å². The Kier molecular flexibility index (Phi) is 6.15. The first-order chi connectivity index (χ1) is 14.1. The molecule has 1 aliphatic carbocycles. The topological polar surface area (TPSA) is 79.4 Å². The average Bonchev–Trinajstić information content (AvgIpc) is 2.78. The van der Waals surface area contributed by atoms with E-state index < -0.39 is 10.0 Å². The van der Waals surface area contributed by atoms with E-state index in [9.17, 15) is 13.2 Å². The zero-order valence-corrected chi connectivity index (χ0v) is 17.5. The van der Waals surface area contributed by atoms with Gasteiger partial charge in [0.2, 0.25) is 15.9 Å². The number of hydrogen-bond donors (Lipinski definition) is 1. The number of nitrogens with zero attached hydrogens (tertiary/aromatic N) is 2. The van der Waals surface area contributed by atoms with Gasteiger partial charge in [0.25, 0.3) is 0 Å². The maximum atomic E-state index is 13.3. The fourth-order valence-corrected chi connectivity index (χ4v) is 6.27. The summed E-state index contributed by atoms with van der Waals surface area (Å²) in [6.07, 6.45) is 9.18. The van der Waals surface area contributed by atoms with E-state index in [1.807, 2.05) is 12.1 Å². The van der Waals surface area contributed by atoms with Crippen molar-refractivity contribution in [1.82, 2.24) is 14.6 Å². The molecule has 1 saturated carbocycles. The van der Waals surface area contributed by atoms with Gasteiger partial charge in [-0.05, 0) is 43.7 Å². The van der Waals surface area contributed by atoms with Crippen molar-refractivity contribution in [1.29, 1.82) is 0 Å². The predicted molar refractivity (Wildman–Crippen MR) is 113 cm³/mol. The van der Waals surface area contributed by atoms with Crippen molar-refractivity contribution >= 4 is 26.8 Å². The van der Waals surface area contributed by atoms with Crippen molar-refractivity contribution in [3.8, 4) is 0 Å². The summed E-state index contributed by atoms with van der Waals surface area (Å²) in [6.45, 7) is 1.40. The Labute approximate surface area is 172 Å². The van der Waals surface area contributed by atoms with E-state index >= 15 is 0 Å². The van der Waals surface area contributed by atoms with Gasteiger partial charge in [0, 0.05) is 31.2 Å². The van der Waals surface area contributed by atoms with E-state index in [1.165, 1.54) is 36.4 Å². The predicted octanol–water partition coefficient (Wildman–Crippen LogP) is 3.33. The minimum Gasteiger partial charge on any atom is -0.356 e. The summed E-state index contributed by atoms with van der Waals surface area (Å²) >= 11 is 0. The van der Waals surface area contributed by atoms with Crippen LogP contribution in [-0.2, 0) is 14.8 Å². The Hall–Kier alpha value is -1.99. The number of nitrogens with one attached hydrogen (secondary N) is 1. The third-order valence-corrected chi connectivity index (χ3v) is 8.15. The summed E-state index contributed by atoms with van der Waals surface area (Å²) in [5.41, 5.74) is 0.485. The van der Waals surface area contributed by atoms with E-state index in [0.717, 1.165) is 18.4 Å². The lowest BCUT2D eigenvalue weighted by molar-refractivity contribution is -0.126. The molecule has 1 aromatic heterocycles. The number of aromatic nitrogens is 1. The second-order valence-corrected chi connectivity index (χ2v) is 10.2. The number of rotatable bonds is 5. The van der Waals surface area contributed by atoms with Crippen molar-refractivity contribution in [2.75, 3.05) is 19.6 Å². The van der Waals surface area contributed by atoms with Gasteiger partial charge in [0.15, 0.2) is 0 Å². The highest BCUT2D eigenvalue weighted by atomic mass is 32.2. The van der Waals surface area contributed by atoms with Gasteiger partial charge in [-0.15, -0.1) is 0 Å². The molecule has 4 rings (SSSR count). The number of para-hydroxylation sites is 1. The molecule has 0 radical (unpaired) electrons. The number of benzene rings is 1. The second-order valence-electron chi connectivity index (χ2n) is 8.28. The zero-order valence-electron chi connectivity index (χ0n) is 16.7. The Balaban J connectivity index is 1.46. The van der Waals surface area contributed by atoms with Crippen LogP contribution in [0.4, 0.5) is 0 Å². The standard InChI is InChI=1S/C22H29N3O3S/c26-22(24-15-17-7-2-1-3-8-17)19-11-6-14-25(16-19)29(27,28)20-12-4-9-18-10-5-13-23-21(18)20/h4-5,9-10,12-13,17,19H,1-3,6-8,11,14-16H2,(H,24,26). The van der Waals surface area contributed by atoms with Gasteiger partial charge in [0.1, 0.15) is 4.90 Å². The molecule has 29 heavy (non-hydrogen) atoms. The molecule has 2 aliphatic rings. The summed E-state index contributed by atoms with van der Waals surface area (Å²) in [5, 5.41) is 3.89. The molecule has 2 heterocycles. The third-order valence-electron chi connectivity index (χ3n) is 6.26. The smallest absolute Gasteiger partial charge is 0.245 e. The first kappa shape index (κ1) is 20.3. The van der Waals surface area contributed by atoms with Crippen molar-refractivity contribution in [3.05, 3.63) is 36.5 Å². The van der Waals surface area contributed by atoms with E-state index in [1.54, 1.807) is 24.4 Å². The van der Waals surface area contributed by atoms with Gasteiger partial charge in [-0.3, -0.25) is 9.78 Å². The van der Waals surface area contributed by atoms with Crippen LogP contribution in [0.25, 0.3) is 10.9 Å². The highest BCUT2D eigenvalue weighted by molar-refractivity contribution is 7.89. The lowest BCUT2D eigenvalue weighted by Gasteiger charge is -2.32. The fourth-order valence-electron chi connectivity index (χ4n) is 4.58. The van der Waals surface area contributed by atoms with Crippen LogP contribution >= 0.6 is 0 Å². The maximum Gasteiger partial charge on any atom is 0.245 e. The van der Waals surface area contributed by atoms with Crippen LogP contribution in [-0.4, -0.2) is 43.2 Å². The summed E-state index contributed by atoms with van der Waals surface area (Å²) in [5.74, 6) is 0.273. The van der Waals surface area contributed by atoms with Crippen LogP contribution in [0, 0.1) is 11.8 Å². The number of piperidine rings is 1. The molecule has 1 N–H and O–H groups in total. The van der Waals surface area contributed by atoms with Crippen LogP contribution in [0.3, 0.4) is 0 Å². The molecular weight excluding hydrogens is 386 g/mol. The number of carbonyl (C=O) groups excluding carboxylic acids is 1. The second kappa shape index (κ2) is 8.79. The Morgan fingerprint density at radius 3 is 2.69 bits per heavy atom. The minimum absolute atomic E-state index is 0.00785. The number of carbonyl (C=O) groups is 1. The lowest BCUT2D eigenvalue weighted by atomic mass is 9.89. The number of pyridine rings is 1. The highest BCUT2D eigenvalue weighted by Gasteiger charge is 2.34. The molecule has 1 saturated heterocycles. The molecule has 1 aliphatic heterocycles. The highest BCUT2D eigenvalue weighted by Crippen LogP contribution is 2.28. The average molecular weight is 416 g/mol. The Bertz CT molecular complexity index is 965. The number of sulfonamides is 1. The molecule has 156 valence electrons. The van der Waals surface area contributed by atoms with Crippen molar-refractivity contribution < 1.29 is 13.2 Å². The zero-order chi connectivity index (χ0) is 20.3. The van der Waals surface area contributed by atoms with Crippen LogP contribution in [0.5, 0.6) is 0 Å². The normalized spacial score (nSPS) is 21.9. The molecule has 6 nitrogen and oxygen atoms in total. The van der Waals surface area contributed by atoms with Crippen LogP contribution < -0.4 is 5.32 Å². The number of amides is 1. The van der Waals surface area contributed by atoms with Gasteiger partial charge < -0.3 is 5.32 Å². The van der Waals surface area contributed by atoms with E-state index in [-0.39, 0.29) is 23.3 Å². The summed E-state index contributed by atoms with van der Waals surface area (Å²) in [6, 6.07) is 8.87. The van der Waals surface area contributed by atoms with Crippen LogP contribution in [0.2, 0.25) is 0 Å². The SMILES string of the molecule is O=C(NCC1CCCCC1)C1CCCN(S(=O)(=O)c2cccc3cccnc23)C1. The van der Waals surface area contributed by atoms with Gasteiger partial charge >= 0.3 is 0 Å². The molecule has 1 aromatic carbocycles. The van der Waals surface area contributed by atoms with Crippen LogP contribution in [0.15, 0.2) is 41.4 Å². The maximum absolute atomic E-state index is 13.3. The molecule has 1 unspecified atom stereocenters. The van der Waals surface area contributed by atoms with Crippen molar-refractivity contribution in [2.45, 2.75) is 49.8 Å². The number of hydrogen-bond acceptors (Lipinski definition) is 4. The van der Waals surface area contributed by atoms with E-state index in [2.05, 4.69) is 10.3 Å². The first-order valence-electron chi connectivity index (χ1n) is 10.7. The Morgan fingerprint density at radius 1 is 1.07 bits per heavy atom. The monoisotopic (exact) mass is 415 g/mol. The van der Waals surface area contributed by atoms with Gasteiger partial charge in [-0.25, -0.2) is 8.42 Å². The molecule has 2 fully saturated rings. The molecule has 0 bridgehead atoms. The van der Waals surface area contributed by atoms with Crippen LogP contribution in [0.1, 0.15) is 44.9 Å². The van der Waals surface area contributed by atoms with Gasteiger partial charge in [-0.2, -0.15) is 4.31 Å². The summed E-state index contributed by atoms with van der Waals surface area (Å²) in [4.78, 5) is 17.2. The van der Waals surface area contributed by atoms with Gasteiger partial charge in [-0.1, -0.05) is 37.5 Å². The molecule has 2 aromatic rings. The molecule has 1 amide bonds. The fraction of sp³-hybridized carbons (Fsp3) is 0.545. The number of fused-ring (bicyclic) bond motifs is 1. The quantitative estimate of drug-likeness (QED) is 0.812. The largest absolute Gasteiger partial charge is 0.356 e. The summed E-state index contributed by atoms with van der Waals surface area (Å²) < 4.78 is 28.1. The molecule has 7 heteroatoms. The molecule has 1 atom stereocenters. The first-order valence-corrected chi connectivity index (χ1v) is 12.1. The lowest BCUT2D eigenvalue weighted by Crippen LogP contribution is -2.46. The minimum atomic E-state index is -3.70. The molecular formula is C22H29N3O3S. The van der Waals surface area contributed by atoms with E-state index in [0.29, 0.717) is 24.4 Å². The third kappa shape index (κ3) is 4.46. The summed E-state index contributed by atoms with van der Waals surface area (Å²) in [7, 11) is -3.70. The molecule has 0 spiro atoms.